The van der Waals surface area contributed by atoms with Crippen LogP contribution in [0.1, 0.15) is 11.3 Å². The Balaban J connectivity index is 2.05. The largest absolute Gasteiger partial charge is 0.381 e. The minimum Gasteiger partial charge on any atom is -0.381 e. The fourth-order valence-electron chi connectivity index (χ4n) is 1.89. The molecular formula is C11H17BrN2O3S2. The van der Waals surface area contributed by atoms with Crippen molar-refractivity contribution < 1.29 is 13.2 Å². The third-order valence-corrected chi connectivity index (χ3v) is 6.61. The van der Waals surface area contributed by atoms with Gasteiger partial charge in [0.1, 0.15) is 4.90 Å². The summed E-state index contributed by atoms with van der Waals surface area (Å²) in [7, 11) is -1.61. The molecule has 5 nitrogen and oxygen atoms in total. The first-order valence-electron chi connectivity index (χ1n) is 6.03. The maximum Gasteiger partial charge on any atom is 0.242 e. The molecule has 1 atom stereocenters. The molecule has 0 aliphatic carbocycles. The van der Waals surface area contributed by atoms with Gasteiger partial charge in [-0.25, -0.2) is 13.1 Å². The van der Waals surface area contributed by atoms with Gasteiger partial charge in [-0.15, -0.1) is 11.3 Å². The van der Waals surface area contributed by atoms with E-state index >= 15 is 0 Å². The molecule has 108 valence electrons. The van der Waals surface area contributed by atoms with E-state index in [0.717, 1.165) is 17.9 Å². The van der Waals surface area contributed by atoms with Crippen molar-refractivity contribution in [2.24, 2.45) is 5.92 Å². The minimum absolute atomic E-state index is 0.281. The molecule has 1 aromatic heterocycles. The maximum absolute atomic E-state index is 12.2. The number of halogens is 1. The second-order valence-corrected chi connectivity index (χ2v) is 8.65. The van der Waals surface area contributed by atoms with E-state index in [9.17, 15) is 8.42 Å². The monoisotopic (exact) mass is 368 g/mol. The van der Waals surface area contributed by atoms with Gasteiger partial charge in [0.2, 0.25) is 10.0 Å². The first kappa shape index (κ1) is 15.4. The Labute approximate surface area is 125 Å². The van der Waals surface area contributed by atoms with Crippen molar-refractivity contribution in [1.29, 1.82) is 0 Å². The predicted octanol–water partition coefficient (Wildman–Crippen LogP) is 1.54. The van der Waals surface area contributed by atoms with E-state index in [-0.39, 0.29) is 5.92 Å². The molecule has 0 spiro atoms. The highest BCUT2D eigenvalue weighted by Gasteiger charge is 2.23. The summed E-state index contributed by atoms with van der Waals surface area (Å²) >= 11 is 4.76. The molecule has 1 aromatic rings. The summed E-state index contributed by atoms with van der Waals surface area (Å²) in [5.74, 6) is 0.281. The van der Waals surface area contributed by atoms with Crippen LogP contribution in [-0.4, -0.2) is 35.2 Å². The zero-order chi connectivity index (χ0) is 13.9. The van der Waals surface area contributed by atoms with E-state index < -0.39 is 10.0 Å². The van der Waals surface area contributed by atoms with E-state index in [0.29, 0.717) is 28.4 Å². The van der Waals surface area contributed by atoms with Gasteiger partial charge in [-0.3, -0.25) is 0 Å². The molecule has 1 unspecified atom stereocenters. The molecule has 0 amide bonds. The second kappa shape index (κ2) is 6.64. The molecule has 1 aliphatic heterocycles. The Morgan fingerprint density at radius 3 is 3.00 bits per heavy atom. The Hall–Kier alpha value is 0.01000. The van der Waals surface area contributed by atoms with Gasteiger partial charge in [-0.2, -0.15) is 0 Å². The fraction of sp³-hybridized carbons (Fsp3) is 0.636. The zero-order valence-corrected chi connectivity index (χ0v) is 13.8. The quantitative estimate of drug-likeness (QED) is 0.799. The van der Waals surface area contributed by atoms with Crippen molar-refractivity contribution in [3.8, 4) is 0 Å². The van der Waals surface area contributed by atoms with Gasteiger partial charge >= 0.3 is 0 Å². The highest BCUT2D eigenvalue weighted by molar-refractivity contribution is 9.11. The van der Waals surface area contributed by atoms with Crippen LogP contribution in [0.4, 0.5) is 0 Å². The lowest BCUT2D eigenvalue weighted by Gasteiger charge is -2.09. The van der Waals surface area contributed by atoms with Crippen LogP contribution in [0.25, 0.3) is 0 Å². The number of hydrogen-bond acceptors (Lipinski definition) is 5. The average molecular weight is 369 g/mol. The van der Waals surface area contributed by atoms with Crippen LogP contribution in [0.2, 0.25) is 0 Å². The van der Waals surface area contributed by atoms with Crippen LogP contribution in [0.5, 0.6) is 0 Å². The lowest BCUT2D eigenvalue weighted by molar-refractivity contribution is 0.186. The Morgan fingerprint density at radius 2 is 2.37 bits per heavy atom. The average Bonchev–Trinajstić information content (AvgIpc) is 2.97. The van der Waals surface area contributed by atoms with Gasteiger partial charge in [0.25, 0.3) is 0 Å². The van der Waals surface area contributed by atoms with Crippen molar-refractivity contribution in [3.63, 3.8) is 0 Å². The van der Waals surface area contributed by atoms with Gasteiger partial charge in [-0.05, 0) is 41.4 Å². The molecule has 8 heteroatoms. The van der Waals surface area contributed by atoms with Gasteiger partial charge in [-0.1, -0.05) is 0 Å². The second-order valence-electron chi connectivity index (χ2n) is 4.46. The fourth-order valence-corrected chi connectivity index (χ4v) is 5.70. The summed E-state index contributed by atoms with van der Waals surface area (Å²) < 4.78 is 33.0. The van der Waals surface area contributed by atoms with Crippen LogP contribution in [0, 0.1) is 5.92 Å². The van der Waals surface area contributed by atoms with E-state index in [1.165, 1.54) is 11.3 Å². The summed E-state index contributed by atoms with van der Waals surface area (Å²) in [5.41, 5.74) is 0. The minimum atomic E-state index is -3.45. The molecule has 1 fully saturated rings. The first-order chi connectivity index (χ1) is 9.03. The lowest BCUT2D eigenvalue weighted by atomic mass is 10.1. The van der Waals surface area contributed by atoms with Crippen LogP contribution in [-0.2, 0) is 21.3 Å². The third kappa shape index (κ3) is 3.99. The van der Waals surface area contributed by atoms with Gasteiger partial charge in [0.15, 0.2) is 0 Å². The number of ether oxygens (including phenoxy) is 1. The molecule has 2 heterocycles. The topological polar surface area (TPSA) is 67.4 Å². The molecule has 0 saturated carbocycles. The SMILES string of the molecule is CNCc1cc(S(=O)(=O)NCC2CCOC2)c(Br)s1. The summed E-state index contributed by atoms with van der Waals surface area (Å²) in [4.78, 5) is 1.31. The Kier molecular flexibility index (Phi) is 5.38. The van der Waals surface area contributed by atoms with E-state index in [1.807, 2.05) is 7.05 Å². The van der Waals surface area contributed by atoms with Crippen molar-refractivity contribution in [2.45, 2.75) is 17.9 Å². The Morgan fingerprint density at radius 1 is 1.58 bits per heavy atom. The van der Waals surface area contributed by atoms with Crippen LogP contribution in [0.15, 0.2) is 14.7 Å². The maximum atomic E-state index is 12.2. The van der Waals surface area contributed by atoms with Crippen LogP contribution >= 0.6 is 27.3 Å². The molecule has 0 bridgehead atoms. The van der Waals surface area contributed by atoms with Crippen LogP contribution < -0.4 is 10.0 Å². The van der Waals surface area contributed by atoms with Crippen molar-refractivity contribution in [3.05, 3.63) is 14.7 Å². The first-order valence-corrected chi connectivity index (χ1v) is 9.12. The lowest BCUT2D eigenvalue weighted by Crippen LogP contribution is -2.29. The summed E-state index contributed by atoms with van der Waals surface area (Å²) in [6.07, 6.45) is 0.915. The number of thiophene rings is 1. The molecule has 19 heavy (non-hydrogen) atoms. The molecule has 1 saturated heterocycles. The predicted molar refractivity (Wildman–Crippen MR) is 78.9 cm³/mol. The number of hydrogen-bond donors (Lipinski definition) is 2. The van der Waals surface area contributed by atoms with E-state index in [1.54, 1.807) is 6.07 Å². The van der Waals surface area contributed by atoms with E-state index in [4.69, 9.17) is 4.74 Å². The highest BCUT2D eigenvalue weighted by atomic mass is 79.9. The number of nitrogens with one attached hydrogen (secondary N) is 2. The normalized spacial score (nSPS) is 20.0. The third-order valence-electron chi connectivity index (χ3n) is 2.93. The standard InChI is InChI=1S/C11H17BrN2O3S2/c1-13-6-9-4-10(11(12)18-9)19(15,16)14-5-8-2-3-17-7-8/h4,8,13-14H,2-3,5-7H2,1H3. The van der Waals surface area contributed by atoms with Gasteiger partial charge < -0.3 is 10.1 Å². The summed E-state index contributed by atoms with van der Waals surface area (Å²) in [6, 6.07) is 1.71. The molecule has 2 N–H and O–H groups in total. The number of rotatable bonds is 6. The molecule has 0 radical (unpaired) electrons. The van der Waals surface area contributed by atoms with Gasteiger partial charge in [0, 0.05) is 24.6 Å². The smallest absolute Gasteiger partial charge is 0.242 e. The molecular weight excluding hydrogens is 352 g/mol. The van der Waals surface area contributed by atoms with Crippen molar-refractivity contribution in [2.75, 3.05) is 26.8 Å². The van der Waals surface area contributed by atoms with Gasteiger partial charge in [0.05, 0.1) is 10.4 Å². The number of sulfonamides is 1. The molecule has 1 aliphatic rings. The van der Waals surface area contributed by atoms with Crippen molar-refractivity contribution in [1.82, 2.24) is 10.0 Å². The van der Waals surface area contributed by atoms with Crippen LogP contribution in [0.3, 0.4) is 0 Å². The zero-order valence-electron chi connectivity index (χ0n) is 10.6. The van der Waals surface area contributed by atoms with E-state index in [2.05, 4.69) is 26.0 Å². The molecule has 0 aromatic carbocycles. The summed E-state index contributed by atoms with van der Waals surface area (Å²) in [5, 5.41) is 3.01. The highest BCUT2D eigenvalue weighted by Crippen LogP contribution is 2.31. The summed E-state index contributed by atoms with van der Waals surface area (Å²) in [6.45, 7) is 2.46. The Bertz CT molecular complexity index is 524. The van der Waals surface area contributed by atoms with Crippen molar-refractivity contribution >= 4 is 37.3 Å². The molecule has 2 rings (SSSR count).